The molecule has 0 amide bonds. The number of guanidine groups is 1. The van der Waals surface area contributed by atoms with Crippen molar-refractivity contribution in [1.29, 1.82) is 5.41 Å². The van der Waals surface area contributed by atoms with Gasteiger partial charge in [0.25, 0.3) is 0 Å². The molecule has 0 radical (unpaired) electrons. The standard InChI is InChI=1S/C6H14N4O2/c1-2-3-10(4-5(11)12)9-6(7)8/h2-4H2,1H3,(H,11,12)(H4,7,8,9). The minimum atomic E-state index is -0.947. The fourth-order valence-corrected chi connectivity index (χ4v) is 0.778. The molecule has 0 saturated heterocycles. The first kappa shape index (κ1) is 10.7. The Labute approximate surface area is 70.8 Å². The third-order valence-electron chi connectivity index (χ3n) is 1.10. The molecule has 0 aliphatic carbocycles. The molecule has 6 heteroatoms. The van der Waals surface area contributed by atoms with E-state index in [-0.39, 0.29) is 12.5 Å². The number of hydrogen-bond acceptors (Lipinski definition) is 3. The number of nitrogens with zero attached hydrogens (tertiary/aromatic N) is 1. The van der Waals surface area contributed by atoms with Gasteiger partial charge in [-0.15, -0.1) is 0 Å². The summed E-state index contributed by atoms with van der Waals surface area (Å²) in [5, 5.41) is 16.7. The lowest BCUT2D eigenvalue weighted by Crippen LogP contribution is -2.48. The average molecular weight is 174 g/mol. The van der Waals surface area contributed by atoms with Gasteiger partial charge in [-0.05, 0) is 6.42 Å². The van der Waals surface area contributed by atoms with E-state index in [0.29, 0.717) is 6.54 Å². The second kappa shape index (κ2) is 5.36. The summed E-state index contributed by atoms with van der Waals surface area (Å²) in [6.07, 6.45) is 0.799. The number of hydrogen-bond donors (Lipinski definition) is 4. The van der Waals surface area contributed by atoms with Gasteiger partial charge >= 0.3 is 5.97 Å². The van der Waals surface area contributed by atoms with Crippen LogP contribution in [0.4, 0.5) is 0 Å². The molecule has 5 N–H and O–H groups in total. The number of rotatable bonds is 5. The van der Waals surface area contributed by atoms with Crippen molar-refractivity contribution < 1.29 is 9.90 Å². The predicted octanol–water partition coefficient (Wildman–Crippen LogP) is -0.819. The van der Waals surface area contributed by atoms with Gasteiger partial charge in [-0.25, -0.2) is 5.01 Å². The maximum Gasteiger partial charge on any atom is 0.319 e. The second-order valence-corrected chi connectivity index (χ2v) is 2.34. The SMILES string of the molecule is CCCN(CC(=O)O)NC(=N)N. The number of nitrogens with one attached hydrogen (secondary N) is 2. The fourth-order valence-electron chi connectivity index (χ4n) is 0.778. The smallest absolute Gasteiger partial charge is 0.319 e. The van der Waals surface area contributed by atoms with E-state index in [2.05, 4.69) is 5.43 Å². The van der Waals surface area contributed by atoms with Gasteiger partial charge in [0, 0.05) is 6.54 Å². The third kappa shape index (κ3) is 5.48. The Bertz CT molecular complexity index is 155. The number of hydrazine groups is 1. The lowest BCUT2D eigenvalue weighted by molar-refractivity contribution is -0.138. The molecule has 0 aliphatic heterocycles. The Kier molecular flexibility index (Phi) is 4.78. The van der Waals surface area contributed by atoms with Gasteiger partial charge in [0.1, 0.15) is 6.54 Å². The average Bonchev–Trinajstić information content (AvgIpc) is 1.84. The monoisotopic (exact) mass is 174 g/mol. The highest BCUT2D eigenvalue weighted by Crippen LogP contribution is 1.85. The van der Waals surface area contributed by atoms with E-state index in [9.17, 15) is 4.79 Å². The topological polar surface area (TPSA) is 102 Å². The van der Waals surface area contributed by atoms with Crippen molar-refractivity contribution in [3.8, 4) is 0 Å². The summed E-state index contributed by atoms with van der Waals surface area (Å²) in [5.41, 5.74) is 7.46. The highest BCUT2D eigenvalue weighted by molar-refractivity contribution is 5.74. The summed E-state index contributed by atoms with van der Waals surface area (Å²) < 4.78 is 0. The Morgan fingerprint density at radius 3 is 2.67 bits per heavy atom. The lowest BCUT2D eigenvalue weighted by atomic mass is 10.4. The van der Waals surface area contributed by atoms with E-state index >= 15 is 0 Å². The molecule has 0 atom stereocenters. The zero-order valence-corrected chi connectivity index (χ0v) is 7.00. The highest BCUT2D eigenvalue weighted by Gasteiger charge is 2.07. The minimum absolute atomic E-state index is 0.159. The number of carbonyl (C=O) groups is 1. The maximum atomic E-state index is 10.3. The van der Waals surface area contributed by atoms with Crippen molar-refractivity contribution >= 4 is 11.9 Å². The molecule has 0 saturated carbocycles. The molecule has 70 valence electrons. The predicted molar refractivity (Wildman–Crippen MR) is 44.5 cm³/mol. The first-order chi connectivity index (χ1) is 5.56. The van der Waals surface area contributed by atoms with Crippen molar-refractivity contribution in [3.63, 3.8) is 0 Å². The fraction of sp³-hybridized carbons (Fsp3) is 0.667. The van der Waals surface area contributed by atoms with Crippen molar-refractivity contribution in [2.75, 3.05) is 13.1 Å². The van der Waals surface area contributed by atoms with Crippen molar-refractivity contribution in [1.82, 2.24) is 10.4 Å². The molecule has 0 aliphatic rings. The third-order valence-corrected chi connectivity index (χ3v) is 1.10. The van der Waals surface area contributed by atoms with Gasteiger partial charge < -0.3 is 10.8 Å². The molecule has 0 bridgehead atoms. The quantitative estimate of drug-likeness (QED) is 0.248. The minimum Gasteiger partial charge on any atom is -0.480 e. The number of nitrogens with two attached hydrogens (primary N) is 1. The molecule has 0 heterocycles. The normalized spacial score (nSPS) is 9.83. The molecule has 0 unspecified atom stereocenters. The number of carboxylic acids is 1. The van der Waals surface area contributed by atoms with E-state index in [0.717, 1.165) is 6.42 Å². The molecule has 0 fully saturated rings. The van der Waals surface area contributed by atoms with E-state index in [4.69, 9.17) is 16.2 Å². The number of aliphatic carboxylic acids is 1. The molecular formula is C6H14N4O2. The van der Waals surface area contributed by atoms with Crippen LogP contribution < -0.4 is 11.2 Å². The molecule has 0 aromatic carbocycles. The largest absolute Gasteiger partial charge is 0.480 e. The van der Waals surface area contributed by atoms with Crippen LogP contribution in [-0.2, 0) is 4.79 Å². The molecule has 0 aromatic rings. The van der Waals surface area contributed by atoms with Crippen LogP contribution in [0.15, 0.2) is 0 Å². The Hall–Kier alpha value is -1.30. The summed E-state index contributed by atoms with van der Waals surface area (Å²) in [4.78, 5) is 10.3. The van der Waals surface area contributed by atoms with E-state index < -0.39 is 5.97 Å². The first-order valence-corrected chi connectivity index (χ1v) is 3.63. The molecule has 6 nitrogen and oxygen atoms in total. The number of carboxylic acid groups (broad SMARTS) is 1. The van der Waals surface area contributed by atoms with E-state index in [1.54, 1.807) is 0 Å². The molecule has 0 spiro atoms. The van der Waals surface area contributed by atoms with Crippen LogP contribution in [0.3, 0.4) is 0 Å². The Balaban J connectivity index is 3.85. The summed E-state index contributed by atoms with van der Waals surface area (Å²) in [6.45, 7) is 2.30. The first-order valence-electron chi connectivity index (χ1n) is 3.63. The van der Waals surface area contributed by atoms with E-state index in [1.165, 1.54) is 5.01 Å². The molecule has 12 heavy (non-hydrogen) atoms. The van der Waals surface area contributed by atoms with Gasteiger partial charge in [-0.3, -0.25) is 15.6 Å². The molecule has 0 rings (SSSR count). The summed E-state index contributed by atoms with van der Waals surface area (Å²) in [6, 6.07) is 0. The summed E-state index contributed by atoms with van der Waals surface area (Å²) in [7, 11) is 0. The van der Waals surface area contributed by atoms with Crippen molar-refractivity contribution in [2.45, 2.75) is 13.3 Å². The second-order valence-electron chi connectivity index (χ2n) is 2.34. The summed E-state index contributed by atoms with van der Waals surface area (Å²) in [5.74, 6) is -1.19. The molecular weight excluding hydrogens is 160 g/mol. The van der Waals surface area contributed by atoms with Crippen molar-refractivity contribution in [3.05, 3.63) is 0 Å². The van der Waals surface area contributed by atoms with Crippen LogP contribution in [0.25, 0.3) is 0 Å². The summed E-state index contributed by atoms with van der Waals surface area (Å²) >= 11 is 0. The highest BCUT2D eigenvalue weighted by atomic mass is 16.4. The maximum absolute atomic E-state index is 10.3. The molecule has 0 aromatic heterocycles. The zero-order valence-electron chi connectivity index (χ0n) is 7.00. The van der Waals surface area contributed by atoms with Crippen LogP contribution in [0, 0.1) is 5.41 Å². The van der Waals surface area contributed by atoms with Crippen LogP contribution in [0.2, 0.25) is 0 Å². The van der Waals surface area contributed by atoms with Crippen LogP contribution in [0.5, 0.6) is 0 Å². The van der Waals surface area contributed by atoms with Crippen LogP contribution in [-0.4, -0.2) is 35.1 Å². The zero-order chi connectivity index (χ0) is 9.56. The van der Waals surface area contributed by atoms with Crippen LogP contribution in [0.1, 0.15) is 13.3 Å². The van der Waals surface area contributed by atoms with Gasteiger partial charge in [0.05, 0.1) is 0 Å². The lowest BCUT2D eigenvalue weighted by Gasteiger charge is -2.19. The van der Waals surface area contributed by atoms with Gasteiger partial charge in [-0.2, -0.15) is 0 Å². The Morgan fingerprint density at radius 1 is 1.75 bits per heavy atom. The Morgan fingerprint density at radius 2 is 2.33 bits per heavy atom. The van der Waals surface area contributed by atoms with Crippen LogP contribution >= 0.6 is 0 Å². The van der Waals surface area contributed by atoms with E-state index in [1.807, 2.05) is 6.92 Å². The van der Waals surface area contributed by atoms with Gasteiger partial charge in [0.2, 0.25) is 5.96 Å². The van der Waals surface area contributed by atoms with Gasteiger partial charge in [0.15, 0.2) is 0 Å². The van der Waals surface area contributed by atoms with Crippen molar-refractivity contribution in [2.24, 2.45) is 5.73 Å². The van der Waals surface area contributed by atoms with Gasteiger partial charge in [-0.1, -0.05) is 6.92 Å².